The molecule has 1 aromatic carbocycles. The van der Waals surface area contributed by atoms with Gasteiger partial charge in [-0.05, 0) is 30.2 Å². The van der Waals surface area contributed by atoms with E-state index in [1.54, 1.807) is 41.9 Å². The number of hydrogen-bond donors (Lipinski definition) is 2. The molecular formula is C15H21N5O. The third-order valence-corrected chi connectivity index (χ3v) is 3.17. The zero-order valence-corrected chi connectivity index (χ0v) is 12.6. The van der Waals surface area contributed by atoms with Crippen molar-refractivity contribution in [3.63, 3.8) is 0 Å². The van der Waals surface area contributed by atoms with Gasteiger partial charge in [0.15, 0.2) is 0 Å². The van der Waals surface area contributed by atoms with Gasteiger partial charge in [-0.3, -0.25) is 9.48 Å². The molecule has 1 aromatic heterocycles. The van der Waals surface area contributed by atoms with Gasteiger partial charge in [-0.15, -0.1) is 0 Å². The van der Waals surface area contributed by atoms with E-state index in [-0.39, 0.29) is 5.91 Å². The molecule has 6 nitrogen and oxygen atoms in total. The molecule has 1 heterocycles. The maximum absolute atomic E-state index is 12.1. The van der Waals surface area contributed by atoms with Crippen LogP contribution < -0.4 is 11.1 Å². The number of rotatable bonds is 5. The molecule has 3 N–H and O–H groups in total. The van der Waals surface area contributed by atoms with E-state index in [9.17, 15) is 4.79 Å². The first-order chi connectivity index (χ1) is 9.97. The number of nitrogens with two attached hydrogens (primary N) is 1. The second-order valence-electron chi connectivity index (χ2n) is 5.20. The van der Waals surface area contributed by atoms with E-state index in [1.165, 1.54) is 0 Å². The van der Waals surface area contributed by atoms with Crippen LogP contribution in [0.4, 0.5) is 11.4 Å². The third kappa shape index (κ3) is 3.75. The fourth-order valence-corrected chi connectivity index (χ4v) is 2.08. The van der Waals surface area contributed by atoms with Crippen molar-refractivity contribution in [3.8, 4) is 0 Å². The van der Waals surface area contributed by atoms with E-state index in [0.29, 0.717) is 17.8 Å². The van der Waals surface area contributed by atoms with Crippen LogP contribution in [0, 0.1) is 0 Å². The molecule has 0 spiro atoms. The van der Waals surface area contributed by atoms with E-state index in [0.717, 1.165) is 17.7 Å². The van der Waals surface area contributed by atoms with E-state index >= 15 is 0 Å². The number of nitrogens with one attached hydrogen (secondary N) is 1. The lowest BCUT2D eigenvalue weighted by atomic mass is 10.1. The first kappa shape index (κ1) is 14.9. The molecule has 0 saturated heterocycles. The highest BCUT2D eigenvalue weighted by Gasteiger charge is 2.13. The number of hydrogen-bond acceptors (Lipinski definition) is 4. The van der Waals surface area contributed by atoms with E-state index in [4.69, 9.17) is 5.73 Å². The van der Waals surface area contributed by atoms with Crippen molar-refractivity contribution >= 4 is 17.3 Å². The zero-order chi connectivity index (χ0) is 15.4. The lowest BCUT2D eigenvalue weighted by molar-refractivity contribution is 0.0828. The van der Waals surface area contributed by atoms with Crippen LogP contribution in [-0.4, -0.2) is 41.2 Å². The Bertz CT molecular complexity index is 633. The van der Waals surface area contributed by atoms with Gasteiger partial charge in [-0.2, -0.15) is 5.10 Å². The molecule has 0 fully saturated rings. The molecule has 0 unspecified atom stereocenters. The molecule has 0 aliphatic heterocycles. The minimum Gasteiger partial charge on any atom is -0.399 e. The molecule has 0 atom stereocenters. The Morgan fingerprint density at radius 3 is 2.81 bits per heavy atom. The van der Waals surface area contributed by atoms with Crippen LogP contribution in [0.25, 0.3) is 0 Å². The monoisotopic (exact) mass is 287 g/mol. The highest BCUT2D eigenvalue weighted by Crippen LogP contribution is 2.20. The molecule has 112 valence electrons. The van der Waals surface area contributed by atoms with Gasteiger partial charge in [0.05, 0.1) is 11.8 Å². The molecule has 0 radical (unpaired) electrons. The van der Waals surface area contributed by atoms with Gasteiger partial charge < -0.3 is 16.0 Å². The van der Waals surface area contributed by atoms with Crippen LogP contribution in [-0.2, 0) is 13.5 Å². The van der Waals surface area contributed by atoms with Gasteiger partial charge in [0.1, 0.15) is 0 Å². The second kappa shape index (κ2) is 6.30. The molecule has 1 amide bonds. The fraction of sp³-hybridized carbons (Fsp3) is 0.333. The largest absolute Gasteiger partial charge is 0.399 e. The van der Waals surface area contributed by atoms with Crippen molar-refractivity contribution in [2.45, 2.75) is 6.42 Å². The van der Waals surface area contributed by atoms with Gasteiger partial charge in [0, 0.05) is 45.3 Å². The number of amides is 1. The minimum absolute atomic E-state index is 0.0427. The quantitative estimate of drug-likeness (QED) is 0.814. The number of carbonyl (C=O) groups excluding carboxylic acids is 1. The standard InChI is InChI=1S/C15H21N5O/c1-19(2)15(21)13-5-4-12(16)8-14(13)17-7-6-11-9-18-20(3)10-11/h4-5,8-10,17H,6-7,16H2,1-3H3. The van der Waals surface area contributed by atoms with Crippen LogP contribution >= 0.6 is 0 Å². The summed E-state index contributed by atoms with van der Waals surface area (Å²) in [5, 5.41) is 7.42. The lowest BCUT2D eigenvalue weighted by Gasteiger charge is -2.15. The van der Waals surface area contributed by atoms with Gasteiger partial charge in [0.2, 0.25) is 0 Å². The number of nitrogens with zero attached hydrogens (tertiary/aromatic N) is 3. The van der Waals surface area contributed by atoms with E-state index in [1.807, 2.05) is 19.4 Å². The predicted octanol–water partition coefficient (Wildman–Crippen LogP) is 1.36. The summed E-state index contributed by atoms with van der Waals surface area (Å²) < 4.78 is 1.77. The summed E-state index contributed by atoms with van der Waals surface area (Å²) in [5.74, 6) is -0.0427. The molecule has 0 aliphatic rings. The van der Waals surface area contributed by atoms with Gasteiger partial charge in [0.25, 0.3) is 5.91 Å². The Morgan fingerprint density at radius 2 is 2.19 bits per heavy atom. The number of anilines is 2. The van der Waals surface area contributed by atoms with Gasteiger partial charge in [-0.1, -0.05) is 0 Å². The topological polar surface area (TPSA) is 76.2 Å². The summed E-state index contributed by atoms with van der Waals surface area (Å²) in [4.78, 5) is 13.7. The Balaban J connectivity index is 2.07. The van der Waals surface area contributed by atoms with Crippen molar-refractivity contribution in [1.29, 1.82) is 0 Å². The summed E-state index contributed by atoms with van der Waals surface area (Å²) in [7, 11) is 5.36. The van der Waals surface area contributed by atoms with Crippen molar-refractivity contribution in [2.75, 3.05) is 31.7 Å². The summed E-state index contributed by atoms with van der Waals surface area (Å²) in [6.45, 7) is 0.711. The van der Waals surface area contributed by atoms with E-state index < -0.39 is 0 Å². The van der Waals surface area contributed by atoms with E-state index in [2.05, 4.69) is 10.4 Å². The average Bonchev–Trinajstić information content (AvgIpc) is 2.84. The van der Waals surface area contributed by atoms with Crippen LogP contribution in [0.3, 0.4) is 0 Å². The SMILES string of the molecule is CN(C)C(=O)c1ccc(N)cc1NCCc1cnn(C)c1. The molecule has 21 heavy (non-hydrogen) atoms. The Morgan fingerprint density at radius 1 is 1.43 bits per heavy atom. The predicted molar refractivity (Wildman–Crippen MR) is 84.3 cm³/mol. The number of carbonyl (C=O) groups is 1. The molecule has 2 aromatic rings. The normalized spacial score (nSPS) is 10.4. The van der Waals surface area contributed by atoms with Crippen molar-refractivity contribution < 1.29 is 4.79 Å². The highest BCUT2D eigenvalue weighted by molar-refractivity contribution is 5.99. The number of aryl methyl sites for hydroxylation is 1. The summed E-state index contributed by atoms with van der Waals surface area (Å²) in [6, 6.07) is 5.28. The maximum Gasteiger partial charge on any atom is 0.255 e. The van der Waals surface area contributed by atoms with Gasteiger partial charge in [-0.25, -0.2) is 0 Å². The fourth-order valence-electron chi connectivity index (χ4n) is 2.08. The highest BCUT2D eigenvalue weighted by atomic mass is 16.2. The molecule has 2 rings (SSSR count). The van der Waals surface area contributed by atoms with Crippen LogP contribution in [0.2, 0.25) is 0 Å². The number of nitrogen functional groups attached to an aromatic ring is 1. The van der Waals surface area contributed by atoms with Crippen LogP contribution in [0.1, 0.15) is 15.9 Å². The van der Waals surface area contributed by atoms with Crippen LogP contribution in [0.5, 0.6) is 0 Å². The summed E-state index contributed by atoms with van der Waals surface area (Å²) in [6.07, 6.45) is 4.65. The first-order valence-electron chi connectivity index (χ1n) is 6.80. The molecule has 6 heteroatoms. The second-order valence-corrected chi connectivity index (χ2v) is 5.20. The van der Waals surface area contributed by atoms with Gasteiger partial charge >= 0.3 is 0 Å². The maximum atomic E-state index is 12.1. The Kier molecular flexibility index (Phi) is 4.47. The molecule has 0 saturated carbocycles. The average molecular weight is 287 g/mol. The first-order valence-corrected chi connectivity index (χ1v) is 6.80. The van der Waals surface area contributed by atoms with Crippen molar-refractivity contribution in [1.82, 2.24) is 14.7 Å². The number of aromatic nitrogens is 2. The lowest BCUT2D eigenvalue weighted by Crippen LogP contribution is -2.23. The molecule has 0 aliphatic carbocycles. The van der Waals surface area contributed by atoms with Crippen LogP contribution in [0.15, 0.2) is 30.6 Å². The smallest absolute Gasteiger partial charge is 0.255 e. The summed E-state index contributed by atoms with van der Waals surface area (Å²) in [5.41, 5.74) is 8.98. The van der Waals surface area contributed by atoms with Crippen molar-refractivity contribution in [2.24, 2.45) is 7.05 Å². The minimum atomic E-state index is -0.0427. The number of benzene rings is 1. The third-order valence-electron chi connectivity index (χ3n) is 3.17. The molecule has 0 bridgehead atoms. The molecular weight excluding hydrogens is 266 g/mol. The Labute approximate surface area is 124 Å². The summed E-state index contributed by atoms with van der Waals surface area (Å²) >= 11 is 0. The Hall–Kier alpha value is -2.50. The van der Waals surface area contributed by atoms with Crippen molar-refractivity contribution in [3.05, 3.63) is 41.7 Å². The zero-order valence-electron chi connectivity index (χ0n) is 12.6.